The second-order valence-corrected chi connectivity index (χ2v) is 11.1. The molecule has 2 unspecified atom stereocenters. The van der Waals surface area contributed by atoms with Gasteiger partial charge in [-0.25, -0.2) is 0 Å². The number of hydrogen-bond donors (Lipinski definition) is 0. The molecule has 0 bridgehead atoms. The molecule has 0 spiro atoms. The van der Waals surface area contributed by atoms with Crippen molar-refractivity contribution in [2.45, 2.75) is 76.9 Å². The van der Waals surface area contributed by atoms with Crippen LogP contribution in [0.3, 0.4) is 0 Å². The molecule has 0 radical (unpaired) electrons. The van der Waals surface area contributed by atoms with Gasteiger partial charge in [0.15, 0.2) is 0 Å². The van der Waals surface area contributed by atoms with Crippen molar-refractivity contribution in [3.8, 4) is 0 Å². The molecule has 2 rings (SSSR count). The summed E-state index contributed by atoms with van der Waals surface area (Å²) in [6.07, 6.45) is 3.94. The Hall–Kier alpha value is -1.79. The molecule has 1 aromatic rings. The molecule has 176 valence electrons. The largest absolute Gasteiger partial charge is 0.392 e. The van der Waals surface area contributed by atoms with Crippen molar-refractivity contribution in [1.82, 2.24) is 0 Å². The van der Waals surface area contributed by atoms with Gasteiger partial charge in [0.2, 0.25) is 0 Å². The van der Waals surface area contributed by atoms with Crippen molar-refractivity contribution < 1.29 is 18.6 Å². The lowest BCUT2D eigenvalue weighted by Crippen LogP contribution is -2.44. The Morgan fingerprint density at radius 1 is 1.28 bits per heavy atom. The highest BCUT2D eigenvalue weighted by Crippen LogP contribution is 2.41. The molecule has 1 aliphatic carbocycles. The number of carbonyl (C=O) groups is 2. The van der Waals surface area contributed by atoms with E-state index in [0.717, 1.165) is 22.4 Å². The zero-order valence-corrected chi connectivity index (χ0v) is 21.2. The lowest BCUT2D eigenvalue weighted by atomic mass is 9.67. The Bertz CT molecular complexity index is 886. The molecule has 0 N–H and O–H groups in total. The smallest absolute Gasteiger partial charge is 0.149 e. The summed E-state index contributed by atoms with van der Waals surface area (Å²) in [7, 11) is -1.21. The van der Waals surface area contributed by atoms with Crippen LogP contribution in [-0.4, -0.2) is 33.3 Å². The summed E-state index contributed by atoms with van der Waals surface area (Å²) >= 11 is 5.49. The average molecular weight is 480 g/mol. The number of benzene rings is 1. The topological polar surface area (TPSA) is 72.8 Å². The zero-order chi connectivity index (χ0) is 23.9. The normalized spacial score (nSPS) is 24.1. The summed E-state index contributed by atoms with van der Waals surface area (Å²) in [5.41, 5.74) is 3.30. The maximum Gasteiger partial charge on any atom is 0.149 e. The van der Waals surface area contributed by atoms with E-state index in [1.807, 2.05) is 52.8 Å². The fraction of sp³-hybridized carbons (Fsp3) is 0.560. The summed E-state index contributed by atoms with van der Waals surface area (Å²) in [5.74, 6) is -1.10. The monoisotopic (exact) mass is 479 g/mol. The SMILES string of the molecule is CCCC(=NOCC=CCl)C1C(=O)CC(C)(CC(C)S(=O)c2c(C)cccc2C)CC1=O. The highest BCUT2D eigenvalue weighted by Gasteiger charge is 2.45. The lowest BCUT2D eigenvalue weighted by molar-refractivity contribution is -0.137. The van der Waals surface area contributed by atoms with E-state index in [9.17, 15) is 13.8 Å². The summed E-state index contributed by atoms with van der Waals surface area (Å²) in [6, 6.07) is 5.89. The molecule has 0 aromatic heterocycles. The third-order valence-electron chi connectivity index (χ3n) is 5.88. The van der Waals surface area contributed by atoms with Gasteiger partial charge in [0.05, 0.1) is 16.5 Å². The van der Waals surface area contributed by atoms with Gasteiger partial charge < -0.3 is 4.84 Å². The van der Waals surface area contributed by atoms with Crippen LogP contribution in [0.2, 0.25) is 0 Å². The van der Waals surface area contributed by atoms with E-state index in [-0.39, 0.29) is 36.3 Å². The number of carbonyl (C=O) groups excluding carboxylic acids is 2. The van der Waals surface area contributed by atoms with Crippen LogP contribution < -0.4 is 0 Å². The summed E-state index contributed by atoms with van der Waals surface area (Å²) in [6.45, 7) is 9.98. The van der Waals surface area contributed by atoms with Crippen LogP contribution in [-0.2, 0) is 25.2 Å². The van der Waals surface area contributed by atoms with Crippen LogP contribution in [0.1, 0.15) is 64.0 Å². The van der Waals surface area contributed by atoms with Gasteiger partial charge in [0.25, 0.3) is 0 Å². The first-order valence-corrected chi connectivity index (χ1v) is 12.7. The lowest BCUT2D eigenvalue weighted by Gasteiger charge is -2.37. The van der Waals surface area contributed by atoms with Gasteiger partial charge in [0.1, 0.15) is 24.1 Å². The number of Topliss-reactive ketones (excluding diaryl/α,β-unsaturated/α-hetero) is 2. The van der Waals surface area contributed by atoms with E-state index in [2.05, 4.69) is 5.16 Å². The molecular formula is C25H34ClNO4S. The van der Waals surface area contributed by atoms with Crippen LogP contribution in [0, 0.1) is 25.2 Å². The number of aryl methyl sites for hydroxylation is 2. The van der Waals surface area contributed by atoms with Crippen molar-refractivity contribution in [2.75, 3.05) is 6.61 Å². The number of ketones is 2. The molecule has 1 saturated carbocycles. The number of halogens is 1. The molecule has 7 heteroatoms. The standard InChI is InChI=1S/C25H34ClNO4S/c1-6-9-20(27-31-13-8-12-26)23-21(28)15-25(5,16-22(23)29)14-19(4)32(30)24-17(2)10-7-11-18(24)3/h7-8,10-12,19,23H,6,9,13-16H2,1-5H3. The minimum absolute atomic E-state index is 0.127. The van der Waals surface area contributed by atoms with E-state index < -0.39 is 22.1 Å². The van der Waals surface area contributed by atoms with Crippen molar-refractivity contribution in [3.63, 3.8) is 0 Å². The van der Waals surface area contributed by atoms with E-state index in [0.29, 0.717) is 18.6 Å². The molecule has 1 fully saturated rings. The second-order valence-electron chi connectivity index (χ2n) is 9.05. The molecule has 5 nitrogen and oxygen atoms in total. The molecule has 2 atom stereocenters. The molecule has 32 heavy (non-hydrogen) atoms. The first kappa shape index (κ1) is 26.5. The van der Waals surface area contributed by atoms with Crippen LogP contribution in [0.15, 0.2) is 39.9 Å². The summed E-state index contributed by atoms with van der Waals surface area (Å²) in [5, 5.41) is 3.91. The van der Waals surface area contributed by atoms with Crippen molar-refractivity contribution in [1.29, 1.82) is 0 Å². The van der Waals surface area contributed by atoms with E-state index in [1.54, 1.807) is 6.08 Å². The highest BCUT2D eigenvalue weighted by molar-refractivity contribution is 7.85. The van der Waals surface area contributed by atoms with Gasteiger partial charge in [-0.15, -0.1) is 0 Å². The van der Waals surface area contributed by atoms with Crippen molar-refractivity contribution in [2.24, 2.45) is 16.5 Å². The van der Waals surface area contributed by atoms with Crippen molar-refractivity contribution in [3.05, 3.63) is 40.9 Å². The number of oxime groups is 1. The van der Waals surface area contributed by atoms with Gasteiger partial charge >= 0.3 is 0 Å². The first-order valence-electron chi connectivity index (χ1n) is 11.1. The number of rotatable bonds is 10. The van der Waals surface area contributed by atoms with Crippen molar-refractivity contribution >= 4 is 39.7 Å². The van der Waals surface area contributed by atoms with Crippen LogP contribution in [0.5, 0.6) is 0 Å². The molecule has 0 saturated heterocycles. The summed E-state index contributed by atoms with van der Waals surface area (Å²) < 4.78 is 13.3. The Kier molecular flexibility index (Phi) is 9.83. The Balaban J connectivity index is 2.16. The van der Waals surface area contributed by atoms with Gasteiger partial charge in [-0.1, -0.05) is 62.1 Å². The molecular weight excluding hydrogens is 446 g/mol. The van der Waals surface area contributed by atoms with E-state index in [1.165, 1.54) is 5.54 Å². The molecule has 1 aromatic carbocycles. The Labute approximate surface area is 199 Å². The Morgan fingerprint density at radius 3 is 2.41 bits per heavy atom. The number of nitrogens with zero attached hydrogens (tertiary/aromatic N) is 1. The predicted octanol–water partition coefficient (Wildman–Crippen LogP) is 5.67. The van der Waals surface area contributed by atoms with Gasteiger partial charge in [-0.05, 0) is 49.3 Å². The summed E-state index contributed by atoms with van der Waals surface area (Å²) in [4.78, 5) is 32.3. The fourth-order valence-corrected chi connectivity index (χ4v) is 6.39. The minimum atomic E-state index is -1.21. The van der Waals surface area contributed by atoms with E-state index in [4.69, 9.17) is 16.4 Å². The third kappa shape index (κ3) is 6.61. The minimum Gasteiger partial charge on any atom is -0.392 e. The zero-order valence-electron chi connectivity index (χ0n) is 19.7. The van der Waals surface area contributed by atoms with Crippen LogP contribution >= 0.6 is 11.6 Å². The average Bonchev–Trinajstić information content (AvgIpc) is 2.69. The van der Waals surface area contributed by atoms with Gasteiger partial charge in [0, 0.05) is 28.5 Å². The quantitative estimate of drug-likeness (QED) is 0.187. The number of hydrogen-bond acceptors (Lipinski definition) is 5. The van der Waals surface area contributed by atoms with Gasteiger partial charge in [-0.3, -0.25) is 13.8 Å². The van der Waals surface area contributed by atoms with Gasteiger partial charge in [-0.2, -0.15) is 0 Å². The maximum absolute atomic E-state index is 13.3. The highest BCUT2D eigenvalue weighted by atomic mass is 35.5. The van der Waals surface area contributed by atoms with Crippen LogP contribution in [0.4, 0.5) is 0 Å². The molecule has 0 amide bonds. The third-order valence-corrected chi connectivity index (χ3v) is 8.00. The fourth-order valence-electron chi connectivity index (χ4n) is 4.59. The second kappa shape index (κ2) is 11.9. The Morgan fingerprint density at radius 2 is 1.88 bits per heavy atom. The van der Waals surface area contributed by atoms with Crippen LogP contribution in [0.25, 0.3) is 0 Å². The predicted molar refractivity (Wildman–Crippen MR) is 131 cm³/mol. The van der Waals surface area contributed by atoms with E-state index >= 15 is 0 Å². The molecule has 1 aliphatic rings. The first-order chi connectivity index (χ1) is 15.1. The molecule has 0 heterocycles. The molecule has 0 aliphatic heterocycles. The maximum atomic E-state index is 13.3.